The van der Waals surface area contributed by atoms with E-state index in [1.54, 1.807) is 4.90 Å². The molecule has 0 spiro atoms. The van der Waals surface area contributed by atoms with Gasteiger partial charge in [0.2, 0.25) is 5.91 Å². The third kappa shape index (κ3) is 5.21. The van der Waals surface area contributed by atoms with E-state index in [-0.39, 0.29) is 44.3 Å². The van der Waals surface area contributed by atoms with Crippen molar-refractivity contribution in [2.45, 2.75) is 37.5 Å². The fraction of sp³-hybridized carbons (Fsp3) is 0.591. The van der Waals surface area contributed by atoms with Gasteiger partial charge >= 0.3 is 18.3 Å². The molecule has 186 valence electrons. The molecule has 1 atom stereocenters. The number of hydrogen-bond donors (Lipinski definition) is 2. The van der Waals surface area contributed by atoms with E-state index in [0.717, 1.165) is 31.4 Å². The number of nitrogens with zero attached hydrogens (tertiary/aromatic N) is 4. The third-order valence-electron chi connectivity index (χ3n) is 6.88. The SMILES string of the molecule is O=C(Nc1ccc(C(F)(F)F)cc1)N1CCN(C(=O)[C@H]2CN(C3CCC3)CCN2C(=O)O)CC1. The molecule has 1 saturated carbocycles. The second-order valence-corrected chi connectivity index (χ2v) is 8.89. The van der Waals surface area contributed by atoms with E-state index in [9.17, 15) is 32.7 Å². The Labute approximate surface area is 195 Å². The van der Waals surface area contributed by atoms with Crippen molar-refractivity contribution in [1.29, 1.82) is 0 Å². The van der Waals surface area contributed by atoms with Gasteiger partial charge in [0.05, 0.1) is 5.56 Å². The van der Waals surface area contributed by atoms with Gasteiger partial charge in [-0.25, -0.2) is 9.59 Å². The lowest BCUT2D eigenvalue weighted by atomic mass is 9.90. The van der Waals surface area contributed by atoms with Gasteiger partial charge in [0.15, 0.2) is 0 Å². The summed E-state index contributed by atoms with van der Waals surface area (Å²) in [6.07, 6.45) is -2.27. The van der Waals surface area contributed by atoms with Crippen molar-refractivity contribution < 1.29 is 32.7 Å². The third-order valence-corrected chi connectivity index (χ3v) is 6.88. The first kappa shape index (κ1) is 24.1. The molecule has 2 N–H and O–H groups in total. The van der Waals surface area contributed by atoms with E-state index >= 15 is 0 Å². The quantitative estimate of drug-likeness (QED) is 0.689. The summed E-state index contributed by atoms with van der Waals surface area (Å²) in [6.45, 7) is 2.29. The Morgan fingerprint density at radius 3 is 2.06 bits per heavy atom. The maximum absolute atomic E-state index is 13.2. The van der Waals surface area contributed by atoms with Crippen molar-refractivity contribution in [3.8, 4) is 0 Å². The molecule has 3 fully saturated rings. The minimum Gasteiger partial charge on any atom is -0.465 e. The van der Waals surface area contributed by atoms with Crippen molar-refractivity contribution in [3.63, 3.8) is 0 Å². The number of halogens is 3. The van der Waals surface area contributed by atoms with Gasteiger partial charge in [0.1, 0.15) is 6.04 Å². The molecule has 2 heterocycles. The molecule has 2 aliphatic heterocycles. The van der Waals surface area contributed by atoms with Crippen LogP contribution in [0.15, 0.2) is 24.3 Å². The summed E-state index contributed by atoms with van der Waals surface area (Å²) in [4.78, 5) is 43.9. The molecule has 4 amide bonds. The van der Waals surface area contributed by atoms with Crippen LogP contribution in [0.1, 0.15) is 24.8 Å². The standard InChI is InChI=1S/C22H28F3N5O4/c23-22(24,25)15-4-6-16(7-5-15)26-20(32)28-10-8-27(9-11-28)19(31)18-14-29(17-2-1-3-17)12-13-30(18)21(33)34/h4-7,17-18H,1-3,8-14H2,(H,26,32)(H,33,34)/t18-/m1/s1. The summed E-state index contributed by atoms with van der Waals surface area (Å²) in [7, 11) is 0. The van der Waals surface area contributed by atoms with Gasteiger partial charge in [-0.15, -0.1) is 0 Å². The predicted molar refractivity (Wildman–Crippen MR) is 116 cm³/mol. The molecule has 1 aromatic rings. The van der Waals surface area contributed by atoms with Crippen molar-refractivity contribution in [3.05, 3.63) is 29.8 Å². The van der Waals surface area contributed by atoms with E-state index in [1.165, 1.54) is 21.9 Å². The molecule has 4 rings (SSSR count). The first-order valence-corrected chi connectivity index (χ1v) is 11.4. The van der Waals surface area contributed by atoms with Crippen LogP contribution in [0, 0.1) is 0 Å². The predicted octanol–water partition coefficient (Wildman–Crippen LogP) is 2.60. The lowest BCUT2D eigenvalue weighted by Gasteiger charge is -2.47. The smallest absolute Gasteiger partial charge is 0.416 e. The number of urea groups is 1. The highest BCUT2D eigenvalue weighted by molar-refractivity contribution is 5.90. The molecule has 9 nitrogen and oxygen atoms in total. The van der Waals surface area contributed by atoms with Gasteiger partial charge < -0.3 is 20.2 Å². The van der Waals surface area contributed by atoms with Gasteiger partial charge in [0, 0.05) is 57.5 Å². The number of nitrogens with one attached hydrogen (secondary N) is 1. The monoisotopic (exact) mass is 483 g/mol. The topological polar surface area (TPSA) is 96.4 Å². The van der Waals surface area contributed by atoms with Crippen LogP contribution in [-0.4, -0.2) is 101 Å². The molecule has 12 heteroatoms. The van der Waals surface area contributed by atoms with E-state index in [0.29, 0.717) is 19.1 Å². The Morgan fingerprint density at radius 1 is 0.912 bits per heavy atom. The molecule has 3 aliphatic rings. The molecule has 0 unspecified atom stereocenters. The summed E-state index contributed by atoms with van der Waals surface area (Å²) >= 11 is 0. The minimum atomic E-state index is -4.45. The zero-order chi connectivity index (χ0) is 24.5. The first-order chi connectivity index (χ1) is 16.1. The molecule has 0 aromatic heterocycles. The number of carboxylic acid groups (broad SMARTS) is 1. The highest BCUT2D eigenvalue weighted by Crippen LogP contribution is 2.30. The Balaban J connectivity index is 1.31. The maximum Gasteiger partial charge on any atom is 0.416 e. The van der Waals surface area contributed by atoms with E-state index in [2.05, 4.69) is 10.2 Å². The summed E-state index contributed by atoms with van der Waals surface area (Å²) in [5.41, 5.74) is -0.557. The van der Waals surface area contributed by atoms with Gasteiger partial charge in [-0.1, -0.05) is 6.42 Å². The van der Waals surface area contributed by atoms with Crippen molar-refractivity contribution >= 4 is 23.7 Å². The van der Waals surface area contributed by atoms with Gasteiger partial charge in [-0.3, -0.25) is 14.6 Å². The fourth-order valence-corrected chi connectivity index (χ4v) is 4.61. The molecular weight excluding hydrogens is 455 g/mol. The van der Waals surface area contributed by atoms with Crippen LogP contribution in [-0.2, 0) is 11.0 Å². The first-order valence-electron chi connectivity index (χ1n) is 11.4. The summed E-state index contributed by atoms with van der Waals surface area (Å²) in [6, 6.07) is 3.37. The van der Waals surface area contributed by atoms with Gasteiger partial charge in [-0.05, 0) is 37.1 Å². The van der Waals surface area contributed by atoms with Gasteiger partial charge in [0.25, 0.3) is 0 Å². The lowest BCUT2D eigenvalue weighted by Crippen LogP contribution is -2.64. The van der Waals surface area contributed by atoms with E-state index < -0.39 is 29.9 Å². The van der Waals surface area contributed by atoms with E-state index in [1.807, 2.05) is 0 Å². The Bertz CT molecular complexity index is 914. The number of hydrogen-bond acceptors (Lipinski definition) is 4. The van der Waals surface area contributed by atoms with Crippen molar-refractivity contribution in [2.24, 2.45) is 0 Å². The Kier molecular flexibility index (Phi) is 6.87. The van der Waals surface area contributed by atoms with Crippen LogP contribution >= 0.6 is 0 Å². The number of amides is 4. The number of anilines is 1. The largest absolute Gasteiger partial charge is 0.465 e. The molecular formula is C22H28F3N5O4. The number of carbonyl (C=O) groups excluding carboxylic acids is 2. The Hall–Kier alpha value is -3.02. The summed E-state index contributed by atoms with van der Waals surface area (Å²) in [5, 5.41) is 12.2. The van der Waals surface area contributed by atoms with Crippen LogP contribution in [0.3, 0.4) is 0 Å². The number of rotatable bonds is 3. The maximum atomic E-state index is 13.2. The lowest BCUT2D eigenvalue weighted by molar-refractivity contribution is -0.141. The fourth-order valence-electron chi connectivity index (χ4n) is 4.61. The summed E-state index contributed by atoms with van der Waals surface area (Å²) < 4.78 is 38.1. The average Bonchev–Trinajstić information content (AvgIpc) is 2.77. The van der Waals surface area contributed by atoms with Crippen molar-refractivity contribution in [2.75, 3.05) is 51.1 Å². The Morgan fingerprint density at radius 2 is 1.53 bits per heavy atom. The van der Waals surface area contributed by atoms with Crippen LogP contribution in [0.25, 0.3) is 0 Å². The van der Waals surface area contributed by atoms with Crippen LogP contribution in [0.2, 0.25) is 0 Å². The number of benzene rings is 1. The van der Waals surface area contributed by atoms with Crippen LogP contribution < -0.4 is 5.32 Å². The molecule has 0 radical (unpaired) electrons. The van der Waals surface area contributed by atoms with Crippen molar-refractivity contribution in [1.82, 2.24) is 19.6 Å². The summed E-state index contributed by atoms with van der Waals surface area (Å²) in [5.74, 6) is -0.255. The number of carbonyl (C=O) groups is 3. The molecule has 2 saturated heterocycles. The van der Waals surface area contributed by atoms with Crippen LogP contribution in [0.4, 0.5) is 28.4 Å². The van der Waals surface area contributed by atoms with E-state index in [4.69, 9.17) is 0 Å². The average molecular weight is 483 g/mol. The zero-order valence-electron chi connectivity index (χ0n) is 18.6. The molecule has 1 aromatic carbocycles. The number of alkyl halides is 3. The second kappa shape index (κ2) is 9.69. The zero-order valence-corrected chi connectivity index (χ0v) is 18.6. The highest BCUT2D eigenvalue weighted by Gasteiger charge is 2.41. The van der Waals surface area contributed by atoms with Crippen LogP contribution in [0.5, 0.6) is 0 Å². The molecule has 0 bridgehead atoms. The van der Waals surface area contributed by atoms with Gasteiger partial charge in [-0.2, -0.15) is 13.2 Å². The second-order valence-electron chi connectivity index (χ2n) is 8.89. The molecule has 1 aliphatic carbocycles. The highest BCUT2D eigenvalue weighted by atomic mass is 19.4. The minimum absolute atomic E-state index is 0.240. The normalized spacial score (nSPS) is 22.3. The molecule has 34 heavy (non-hydrogen) atoms. The number of piperazine rings is 2.